The van der Waals surface area contributed by atoms with Crippen molar-refractivity contribution in [1.29, 1.82) is 5.26 Å². The van der Waals surface area contributed by atoms with E-state index in [0.29, 0.717) is 11.1 Å². The summed E-state index contributed by atoms with van der Waals surface area (Å²) >= 11 is 0. The lowest BCUT2D eigenvalue weighted by atomic mass is 9.86. The van der Waals surface area contributed by atoms with Crippen molar-refractivity contribution in [3.63, 3.8) is 0 Å². The first-order chi connectivity index (χ1) is 11.2. The lowest BCUT2D eigenvalue weighted by Crippen LogP contribution is -2.36. The number of allylic oxidation sites excluding steroid dienone is 1. The van der Waals surface area contributed by atoms with E-state index in [1.165, 1.54) is 12.8 Å². The number of carbonyl (C=O) groups excluding carboxylic acids is 1. The van der Waals surface area contributed by atoms with Crippen LogP contribution < -0.4 is 0 Å². The minimum absolute atomic E-state index is 0.125. The Morgan fingerprint density at radius 1 is 1.30 bits per heavy atom. The SMILES string of the molecule is N#CC1=C(N2CCC3(CC2)CC3)c2cc(CO)ncc2CC1=O. The Morgan fingerprint density at radius 3 is 2.65 bits per heavy atom. The summed E-state index contributed by atoms with van der Waals surface area (Å²) in [7, 11) is 0. The van der Waals surface area contributed by atoms with Crippen LogP contribution in [0.4, 0.5) is 0 Å². The molecule has 2 heterocycles. The summed E-state index contributed by atoms with van der Waals surface area (Å²) in [6.07, 6.45) is 6.79. The summed E-state index contributed by atoms with van der Waals surface area (Å²) in [6.45, 7) is 1.65. The predicted octanol–water partition coefficient (Wildman–Crippen LogP) is 1.81. The van der Waals surface area contributed by atoms with E-state index < -0.39 is 0 Å². The number of hydrogen-bond donors (Lipinski definition) is 1. The van der Waals surface area contributed by atoms with Crippen LogP contribution >= 0.6 is 0 Å². The third-order valence-electron chi connectivity index (χ3n) is 5.54. The molecule has 2 fully saturated rings. The molecule has 5 nitrogen and oxygen atoms in total. The third kappa shape index (κ3) is 2.34. The molecule has 1 aromatic rings. The Hall–Kier alpha value is -2.19. The van der Waals surface area contributed by atoms with Crippen LogP contribution in [0.5, 0.6) is 0 Å². The minimum Gasteiger partial charge on any atom is -0.390 e. The van der Waals surface area contributed by atoms with Crippen molar-refractivity contribution in [1.82, 2.24) is 9.88 Å². The quantitative estimate of drug-likeness (QED) is 0.901. The van der Waals surface area contributed by atoms with Gasteiger partial charge >= 0.3 is 0 Å². The van der Waals surface area contributed by atoms with Crippen LogP contribution in [0.3, 0.4) is 0 Å². The zero-order valence-corrected chi connectivity index (χ0v) is 13.0. The summed E-state index contributed by atoms with van der Waals surface area (Å²) < 4.78 is 0. The van der Waals surface area contributed by atoms with Crippen molar-refractivity contribution in [2.24, 2.45) is 5.41 Å². The molecule has 118 valence electrons. The predicted molar refractivity (Wildman–Crippen MR) is 83.9 cm³/mol. The van der Waals surface area contributed by atoms with E-state index in [0.717, 1.165) is 42.8 Å². The molecule has 0 bridgehead atoms. The number of fused-ring (bicyclic) bond motifs is 1. The second-order valence-corrected chi connectivity index (χ2v) is 6.91. The van der Waals surface area contributed by atoms with E-state index in [1.54, 1.807) is 6.20 Å². The van der Waals surface area contributed by atoms with Crippen molar-refractivity contribution < 1.29 is 9.90 Å². The first-order valence-corrected chi connectivity index (χ1v) is 8.17. The maximum absolute atomic E-state index is 12.4. The molecular weight excluding hydrogens is 290 g/mol. The molecule has 0 unspecified atom stereocenters. The van der Waals surface area contributed by atoms with Gasteiger partial charge in [-0.2, -0.15) is 5.26 Å². The van der Waals surface area contributed by atoms with Gasteiger partial charge in [0.15, 0.2) is 5.78 Å². The van der Waals surface area contributed by atoms with Gasteiger partial charge in [-0.15, -0.1) is 0 Å². The molecule has 2 aliphatic carbocycles. The number of hydrogen-bond acceptors (Lipinski definition) is 5. The Morgan fingerprint density at radius 2 is 2.04 bits per heavy atom. The van der Waals surface area contributed by atoms with Crippen LogP contribution in [0, 0.1) is 16.7 Å². The Kier molecular flexibility index (Phi) is 3.24. The van der Waals surface area contributed by atoms with Crippen molar-refractivity contribution in [3.05, 3.63) is 34.7 Å². The van der Waals surface area contributed by atoms with Gasteiger partial charge in [-0.25, -0.2) is 0 Å². The van der Waals surface area contributed by atoms with E-state index in [2.05, 4.69) is 16.0 Å². The maximum Gasteiger partial charge on any atom is 0.179 e. The largest absolute Gasteiger partial charge is 0.390 e. The fourth-order valence-electron chi connectivity index (χ4n) is 3.83. The average molecular weight is 309 g/mol. The number of ketones is 1. The lowest BCUT2D eigenvalue weighted by Gasteiger charge is -2.37. The van der Waals surface area contributed by atoms with Crippen LogP contribution in [-0.2, 0) is 17.8 Å². The highest BCUT2D eigenvalue weighted by Gasteiger charge is 2.45. The van der Waals surface area contributed by atoms with Gasteiger partial charge in [0.25, 0.3) is 0 Å². The first kappa shape index (κ1) is 14.4. The van der Waals surface area contributed by atoms with Gasteiger partial charge in [0.2, 0.25) is 0 Å². The van der Waals surface area contributed by atoms with Gasteiger partial charge in [-0.05, 0) is 42.7 Å². The first-order valence-electron chi connectivity index (χ1n) is 8.17. The fourth-order valence-corrected chi connectivity index (χ4v) is 3.83. The van der Waals surface area contributed by atoms with Crippen molar-refractivity contribution in [3.8, 4) is 6.07 Å². The highest BCUT2D eigenvalue weighted by Crippen LogP contribution is 2.54. The van der Waals surface area contributed by atoms with Crippen LogP contribution in [0.1, 0.15) is 42.5 Å². The van der Waals surface area contributed by atoms with Crippen molar-refractivity contribution >= 4 is 11.5 Å². The monoisotopic (exact) mass is 309 g/mol. The molecule has 4 rings (SSSR count). The molecule has 1 saturated carbocycles. The van der Waals surface area contributed by atoms with Crippen LogP contribution in [-0.4, -0.2) is 33.9 Å². The van der Waals surface area contributed by atoms with Gasteiger partial charge < -0.3 is 10.0 Å². The van der Waals surface area contributed by atoms with Gasteiger partial charge in [-0.3, -0.25) is 9.78 Å². The summed E-state index contributed by atoms with van der Waals surface area (Å²) in [6, 6.07) is 3.95. The number of aliphatic hydroxyl groups excluding tert-OH is 1. The molecule has 0 aromatic carbocycles. The maximum atomic E-state index is 12.4. The number of piperidine rings is 1. The average Bonchev–Trinajstić information content (AvgIpc) is 3.33. The molecular formula is C18H19N3O2. The van der Waals surface area contributed by atoms with Crippen LogP contribution in [0.2, 0.25) is 0 Å². The van der Waals surface area contributed by atoms with E-state index in [1.807, 2.05) is 6.07 Å². The topological polar surface area (TPSA) is 77.2 Å². The summed E-state index contributed by atoms with van der Waals surface area (Å²) in [5, 5.41) is 18.9. The molecule has 0 radical (unpaired) electrons. The normalized spacial score (nSPS) is 22.1. The van der Waals surface area contributed by atoms with Crippen molar-refractivity contribution in [2.75, 3.05) is 13.1 Å². The number of carbonyl (C=O) groups is 1. The minimum atomic E-state index is -0.139. The molecule has 1 aromatic heterocycles. The molecule has 3 aliphatic rings. The molecule has 0 atom stereocenters. The van der Waals surface area contributed by atoms with Crippen LogP contribution in [0.15, 0.2) is 17.8 Å². The molecule has 1 N–H and O–H groups in total. The van der Waals surface area contributed by atoms with E-state index in [-0.39, 0.29) is 24.4 Å². The van der Waals surface area contributed by atoms with Gasteiger partial charge in [-0.1, -0.05) is 0 Å². The number of nitrogens with zero attached hydrogens (tertiary/aromatic N) is 3. The molecule has 23 heavy (non-hydrogen) atoms. The summed E-state index contributed by atoms with van der Waals surface area (Å²) in [5.41, 5.74) is 3.88. The van der Waals surface area contributed by atoms with Gasteiger partial charge in [0.1, 0.15) is 11.6 Å². The highest BCUT2D eigenvalue weighted by atomic mass is 16.3. The number of rotatable bonds is 2. The summed E-state index contributed by atoms with van der Waals surface area (Å²) in [4.78, 5) is 18.7. The Bertz CT molecular complexity index is 746. The molecule has 1 spiro atoms. The number of nitriles is 1. The van der Waals surface area contributed by atoms with Gasteiger partial charge in [0, 0.05) is 31.3 Å². The Labute approximate surface area is 135 Å². The van der Waals surface area contributed by atoms with E-state index >= 15 is 0 Å². The number of Topliss-reactive ketones (excluding diaryl/α,β-unsaturated/α-hetero) is 1. The standard InChI is InChI=1S/C18H19N3O2/c19-9-15-16(23)7-12-10-20-13(11-22)8-14(12)17(15)21-5-3-18(1-2-18)4-6-21/h8,10,22H,1-7,11H2. The van der Waals surface area contributed by atoms with Gasteiger partial charge in [0.05, 0.1) is 18.0 Å². The molecule has 5 heteroatoms. The zero-order chi connectivity index (χ0) is 16.0. The summed E-state index contributed by atoms with van der Waals surface area (Å²) in [5.74, 6) is -0.125. The third-order valence-corrected chi connectivity index (χ3v) is 5.54. The zero-order valence-electron chi connectivity index (χ0n) is 13.0. The Balaban J connectivity index is 1.77. The fraction of sp³-hybridized carbons (Fsp3) is 0.500. The van der Waals surface area contributed by atoms with Crippen LogP contribution in [0.25, 0.3) is 5.70 Å². The lowest BCUT2D eigenvalue weighted by molar-refractivity contribution is -0.114. The van der Waals surface area contributed by atoms with Crippen molar-refractivity contribution in [2.45, 2.75) is 38.7 Å². The molecule has 0 amide bonds. The second-order valence-electron chi connectivity index (χ2n) is 6.91. The number of aliphatic hydroxyl groups is 1. The number of likely N-dealkylation sites (tertiary alicyclic amines) is 1. The number of pyridine rings is 1. The second kappa shape index (κ2) is 5.17. The number of aromatic nitrogens is 1. The van der Waals surface area contributed by atoms with E-state index in [9.17, 15) is 15.2 Å². The molecule has 1 aliphatic heterocycles. The van der Waals surface area contributed by atoms with E-state index in [4.69, 9.17) is 0 Å². The smallest absolute Gasteiger partial charge is 0.179 e. The highest BCUT2D eigenvalue weighted by molar-refractivity contribution is 6.09. The molecule has 1 saturated heterocycles.